The second-order valence-corrected chi connectivity index (χ2v) is 6.36. The molecule has 106 valence electrons. The van der Waals surface area contributed by atoms with Crippen LogP contribution in [0.3, 0.4) is 0 Å². The smallest absolute Gasteiger partial charge is 0.335 e. The highest BCUT2D eigenvalue weighted by atomic mass is 32.2. The van der Waals surface area contributed by atoms with Crippen molar-refractivity contribution >= 4 is 21.5 Å². The van der Waals surface area contributed by atoms with Gasteiger partial charge in [0.2, 0.25) is 0 Å². The molecule has 0 saturated carbocycles. The molecule has 0 unspecified atom stereocenters. The molecule has 0 heterocycles. The molecule has 0 radical (unpaired) electrons. The number of rotatable bonds is 7. The van der Waals surface area contributed by atoms with Gasteiger partial charge < -0.3 is 15.6 Å². The first-order valence-corrected chi connectivity index (χ1v) is 7.64. The minimum absolute atomic E-state index is 0.0422. The number of hydrogen-bond donors (Lipinski definition) is 2. The van der Waals surface area contributed by atoms with E-state index in [1.807, 2.05) is 0 Å². The van der Waals surface area contributed by atoms with Gasteiger partial charge in [0, 0.05) is 0 Å². The number of nitrogens with two attached hydrogens (primary N) is 1. The highest BCUT2D eigenvalue weighted by Crippen LogP contribution is 2.22. The molecular weight excluding hydrogens is 270 g/mol. The van der Waals surface area contributed by atoms with E-state index in [1.54, 1.807) is 6.92 Å². The molecule has 3 N–H and O–H groups in total. The van der Waals surface area contributed by atoms with Gasteiger partial charge in [0.15, 0.2) is 9.84 Å². The molecule has 7 heteroatoms. The Morgan fingerprint density at radius 2 is 2.05 bits per heavy atom. The first-order valence-electron chi connectivity index (χ1n) is 5.82. The Kier molecular flexibility index (Phi) is 5.17. The lowest BCUT2D eigenvalue weighted by Gasteiger charge is -2.09. The summed E-state index contributed by atoms with van der Waals surface area (Å²) in [5.41, 5.74) is 5.95. The van der Waals surface area contributed by atoms with Gasteiger partial charge in [0.25, 0.3) is 0 Å². The molecule has 0 amide bonds. The van der Waals surface area contributed by atoms with Crippen LogP contribution in [-0.2, 0) is 9.84 Å². The molecule has 1 aromatic carbocycles. The van der Waals surface area contributed by atoms with Gasteiger partial charge in [-0.2, -0.15) is 0 Å². The second-order valence-electron chi connectivity index (χ2n) is 4.06. The van der Waals surface area contributed by atoms with Crippen LogP contribution in [0.2, 0.25) is 0 Å². The quantitative estimate of drug-likeness (QED) is 0.729. The largest absolute Gasteiger partial charge is 0.490 e. The summed E-state index contributed by atoms with van der Waals surface area (Å²) in [7, 11) is -3.12. The monoisotopic (exact) mass is 287 g/mol. The van der Waals surface area contributed by atoms with E-state index in [9.17, 15) is 13.2 Å². The minimum Gasteiger partial charge on any atom is -0.490 e. The number of aromatic carboxylic acids is 1. The average molecular weight is 287 g/mol. The number of sulfone groups is 1. The maximum atomic E-state index is 11.5. The van der Waals surface area contributed by atoms with Crippen LogP contribution < -0.4 is 10.5 Å². The third kappa shape index (κ3) is 4.78. The van der Waals surface area contributed by atoms with Gasteiger partial charge in [-0.15, -0.1) is 0 Å². The number of carboxylic acids is 1. The Balaban J connectivity index is 2.68. The van der Waals surface area contributed by atoms with Crippen LogP contribution in [0.5, 0.6) is 5.75 Å². The summed E-state index contributed by atoms with van der Waals surface area (Å²) in [5, 5.41) is 8.83. The Morgan fingerprint density at radius 3 is 2.63 bits per heavy atom. The zero-order valence-corrected chi connectivity index (χ0v) is 11.4. The summed E-state index contributed by atoms with van der Waals surface area (Å²) in [6.07, 6.45) is 0.555. The Hall–Kier alpha value is -1.76. The van der Waals surface area contributed by atoms with E-state index in [-0.39, 0.29) is 35.1 Å². The van der Waals surface area contributed by atoms with E-state index in [1.165, 1.54) is 18.2 Å². The Morgan fingerprint density at radius 1 is 1.37 bits per heavy atom. The van der Waals surface area contributed by atoms with Crippen molar-refractivity contribution in [2.45, 2.75) is 13.3 Å². The first kappa shape index (κ1) is 15.3. The third-order valence-electron chi connectivity index (χ3n) is 2.43. The lowest BCUT2D eigenvalue weighted by atomic mass is 10.2. The van der Waals surface area contributed by atoms with E-state index >= 15 is 0 Å². The van der Waals surface area contributed by atoms with Gasteiger partial charge >= 0.3 is 5.97 Å². The summed E-state index contributed by atoms with van der Waals surface area (Å²) < 4.78 is 28.2. The molecule has 0 aliphatic rings. The topological polar surface area (TPSA) is 107 Å². The molecular formula is C12H17NO5S. The fourth-order valence-corrected chi connectivity index (χ4v) is 2.65. The summed E-state index contributed by atoms with van der Waals surface area (Å²) in [5.74, 6) is -0.909. The average Bonchev–Trinajstić information content (AvgIpc) is 2.30. The van der Waals surface area contributed by atoms with Crippen molar-refractivity contribution in [2.24, 2.45) is 0 Å². The maximum Gasteiger partial charge on any atom is 0.335 e. The van der Waals surface area contributed by atoms with Gasteiger partial charge in [-0.1, -0.05) is 6.92 Å². The normalized spacial score (nSPS) is 11.2. The molecule has 19 heavy (non-hydrogen) atoms. The molecule has 0 spiro atoms. The van der Waals surface area contributed by atoms with Crippen LogP contribution in [0.15, 0.2) is 18.2 Å². The van der Waals surface area contributed by atoms with Crippen molar-refractivity contribution in [3.63, 3.8) is 0 Å². The predicted octanol–water partition coefficient (Wildman–Crippen LogP) is 1.17. The lowest BCUT2D eigenvalue weighted by molar-refractivity contribution is 0.0696. The number of carbonyl (C=O) groups is 1. The molecule has 1 aromatic rings. The van der Waals surface area contributed by atoms with Crippen molar-refractivity contribution in [1.82, 2.24) is 0 Å². The minimum atomic E-state index is -3.12. The summed E-state index contributed by atoms with van der Waals surface area (Å²) in [6.45, 7) is 1.74. The molecule has 0 aliphatic heterocycles. The molecule has 0 saturated heterocycles. The molecule has 1 rings (SSSR count). The van der Waals surface area contributed by atoms with Crippen LogP contribution in [0.4, 0.5) is 5.69 Å². The second kappa shape index (κ2) is 6.42. The molecule has 0 aromatic heterocycles. The Bertz CT molecular complexity index is 553. The Labute approximate surface area is 112 Å². The van der Waals surface area contributed by atoms with Gasteiger partial charge in [-0.3, -0.25) is 0 Å². The van der Waals surface area contributed by atoms with E-state index < -0.39 is 15.8 Å². The number of nitrogen functional groups attached to an aromatic ring is 1. The number of anilines is 1. The van der Waals surface area contributed by atoms with Gasteiger partial charge in [0.1, 0.15) is 12.4 Å². The molecule has 0 bridgehead atoms. The summed E-state index contributed by atoms with van der Waals surface area (Å²) in [6, 6.07) is 4.06. The van der Waals surface area contributed by atoms with Crippen molar-refractivity contribution < 1.29 is 23.1 Å². The fourth-order valence-electron chi connectivity index (χ4n) is 1.48. The molecule has 0 aliphatic carbocycles. The van der Waals surface area contributed by atoms with Crippen molar-refractivity contribution in [1.29, 1.82) is 0 Å². The van der Waals surface area contributed by atoms with Crippen LogP contribution >= 0.6 is 0 Å². The van der Waals surface area contributed by atoms with Crippen molar-refractivity contribution in [3.8, 4) is 5.75 Å². The van der Waals surface area contributed by atoms with E-state index in [0.29, 0.717) is 6.42 Å². The van der Waals surface area contributed by atoms with Crippen molar-refractivity contribution in [2.75, 3.05) is 23.8 Å². The van der Waals surface area contributed by atoms with E-state index in [0.717, 1.165) is 0 Å². The summed E-state index contributed by atoms with van der Waals surface area (Å²) in [4.78, 5) is 10.8. The van der Waals surface area contributed by atoms with Gasteiger partial charge in [-0.05, 0) is 24.6 Å². The fraction of sp³-hybridized carbons (Fsp3) is 0.417. The molecule has 6 nitrogen and oxygen atoms in total. The highest BCUT2D eigenvalue weighted by Gasteiger charge is 2.11. The number of carboxylic acid groups (broad SMARTS) is 1. The number of hydrogen-bond acceptors (Lipinski definition) is 5. The first-order chi connectivity index (χ1) is 8.85. The van der Waals surface area contributed by atoms with Gasteiger partial charge in [-0.25, -0.2) is 13.2 Å². The maximum absolute atomic E-state index is 11.5. The molecule has 0 atom stereocenters. The van der Waals surface area contributed by atoms with Crippen LogP contribution in [0.25, 0.3) is 0 Å². The predicted molar refractivity (Wildman–Crippen MR) is 72.3 cm³/mol. The molecule has 0 fully saturated rings. The zero-order valence-electron chi connectivity index (χ0n) is 10.6. The zero-order chi connectivity index (χ0) is 14.5. The van der Waals surface area contributed by atoms with Crippen LogP contribution in [0, 0.1) is 0 Å². The number of benzene rings is 1. The standard InChI is InChI=1S/C12H17NO5S/c1-2-6-19(16,17)7-5-18-11-8-9(12(14)15)3-4-10(11)13/h3-4,8H,2,5-7,13H2,1H3,(H,14,15). The highest BCUT2D eigenvalue weighted by molar-refractivity contribution is 7.91. The van der Waals surface area contributed by atoms with Gasteiger partial charge in [0.05, 0.1) is 22.8 Å². The third-order valence-corrected chi connectivity index (χ3v) is 4.25. The van der Waals surface area contributed by atoms with Crippen LogP contribution in [0.1, 0.15) is 23.7 Å². The summed E-state index contributed by atoms with van der Waals surface area (Å²) >= 11 is 0. The van der Waals surface area contributed by atoms with E-state index in [4.69, 9.17) is 15.6 Å². The van der Waals surface area contributed by atoms with E-state index in [2.05, 4.69) is 0 Å². The number of ether oxygens (including phenoxy) is 1. The SMILES string of the molecule is CCCS(=O)(=O)CCOc1cc(C(=O)O)ccc1N. The van der Waals surface area contributed by atoms with Crippen LogP contribution in [-0.4, -0.2) is 37.6 Å². The lowest BCUT2D eigenvalue weighted by Crippen LogP contribution is -2.17. The van der Waals surface area contributed by atoms with Crippen molar-refractivity contribution in [3.05, 3.63) is 23.8 Å².